The summed E-state index contributed by atoms with van der Waals surface area (Å²) in [6, 6.07) is 7.92. The Morgan fingerprint density at radius 2 is 1.84 bits per heavy atom. The van der Waals surface area contributed by atoms with E-state index >= 15 is 0 Å². The van der Waals surface area contributed by atoms with Crippen LogP contribution in [0.4, 0.5) is 11.8 Å². The van der Waals surface area contributed by atoms with Crippen LogP contribution in [0.2, 0.25) is 0 Å². The van der Waals surface area contributed by atoms with Crippen molar-refractivity contribution in [2.45, 2.75) is 27.3 Å². The number of nitrogens with one attached hydrogen (secondary N) is 2. The van der Waals surface area contributed by atoms with E-state index in [4.69, 9.17) is 0 Å². The van der Waals surface area contributed by atoms with Gasteiger partial charge in [-0.1, -0.05) is 6.07 Å². The summed E-state index contributed by atoms with van der Waals surface area (Å²) in [4.78, 5) is 13.2. The van der Waals surface area contributed by atoms with Crippen LogP contribution in [-0.2, 0) is 6.54 Å². The summed E-state index contributed by atoms with van der Waals surface area (Å²) < 4.78 is 0. The zero-order valence-corrected chi connectivity index (χ0v) is 11.6. The van der Waals surface area contributed by atoms with E-state index < -0.39 is 0 Å². The molecule has 5 nitrogen and oxygen atoms in total. The predicted molar refractivity (Wildman–Crippen MR) is 77.2 cm³/mol. The Balaban J connectivity index is 2.06. The lowest BCUT2D eigenvalue weighted by atomic mass is 10.3. The first-order valence-electron chi connectivity index (χ1n) is 6.43. The van der Waals surface area contributed by atoms with Gasteiger partial charge < -0.3 is 10.6 Å². The number of hydrogen-bond acceptors (Lipinski definition) is 5. The molecular weight excluding hydrogens is 238 g/mol. The van der Waals surface area contributed by atoms with Crippen molar-refractivity contribution >= 4 is 11.8 Å². The highest BCUT2D eigenvalue weighted by atomic mass is 15.1. The summed E-state index contributed by atoms with van der Waals surface area (Å²) in [6.07, 6.45) is 0. The van der Waals surface area contributed by atoms with Crippen molar-refractivity contribution in [1.29, 1.82) is 0 Å². The average molecular weight is 257 g/mol. The van der Waals surface area contributed by atoms with Crippen LogP contribution in [-0.4, -0.2) is 21.5 Å². The molecule has 0 saturated heterocycles. The Morgan fingerprint density at radius 3 is 2.58 bits per heavy atom. The Morgan fingerprint density at radius 1 is 1.00 bits per heavy atom. The number of aryl methyl sites for hydroxylation is 2. The molecule has 0 aliphatic heterocycles. The minimum Gasteiger partial charge on any atom is -0.364 e. The lowest BCUT2D eigenvalue weighted by Gasteiger charge is -2.09. The van der Waals surface area contributed by atoms with Crippen LogP contribution >= 0.6 is 0 Å². The van der Waals surface area contributed by atoms with Crippen molar-refractivity contribution in [2.24, 2.45) is 0 Å². The van der Waals surface area contributed by atoms with Gasteiger partial charge in [0.2, 0.25) is 5.95 Å². The maximum Gasteiger partial charge on any atom is 0.224 e. The van der Waals surface area contributed by atoms with Gasteiger partial charge in [-0.15, -0.1) is 0 Å². The minimum atomic E-state index is 0.655. The lowest BCUT2D eigenvalue weighted by molar-refractivity contribution is 0.986. The van der Waals surface area contributed by atoms with E-state index in [2.05, 4.69) is 25.6 Å². The third kappa shape index (κ3) is 3.91. The zero-order chi connectivity index (χ0) is 13.7. The number of anilines is 2. The van der Waals surface area contributed by atoms with Crippen LogP contribution in [0.1, 0.15) is 24.0 Å². The van der Waals surface area contributed by atoms with Crippen LogP contribution < -0.4 is 10.6 Å². The molecule has 0 aromatic carbocycles. The van der Waals surface area contributed by atoms with E-state index in [0.29, 0.717) is 12.5 Å². The van der Waals surface area contributed by atoms with Crippen LogP contribution in [0.3, 0.4) is 0 Å². The second-order valence-corrected chi connectivity index (χ2v) is 4.37. The number of pyridine rings is 1. The van der Waals surface area contributed by atoms with Crippen molar-refractivity contribution in [3.05, 3.63) is 41.3 Å². The molecule has 0 radical (unpaired) electrons. The van der Waals surface area contributed by atoms with Gasteiger partial charge in [-0.3, -0.25) is 4.98 Å². The molecule has 2 aromatic rings. The number of hydrogen-bond donors (Lipinski definition) is 2. The molecule has 100 valence electrons. The van der Waals surface area contributed by atoms with Gasteiger partial charge in [0.1, 0.15) is 5.82 Å². The normalized spacial score (nSPS) is 10.3. The highest BCUT2D eigenvalue weighted by Crippen LogP contribution is 2.10. The van der Waals surface area contributed by atoms with Gasteiger partial charge in [-0.25, -0.2) is 4.98 Å². The molecule has 5 heteroatoms. The molecule has 0 spiro atoms. The smallest absolute Gasteiger partial charge is 0.224 e. The molecule has 0 amide bonds. The molecule has 0 saturated carbocycles. The molecule has 2 aromatic heterocycles. The second-order valence-electron chi connectivity index (χ2n) is 4.37. The zero-order valence-electron chi connectivity index (χ0n) is 11.6. The minimum absolute atomic E-state index is 0.655. The van der Waals surface area contributed by atoms with E-state index in [9.17, 15) is 0 Å². The highest BCUT2D eigenvalue weighted by Gasteiger charge is 2.02. The fraction of sp³-hybridized carbons (Fsp3) is 0.357. The molecule has 0 fully saturated rings. The summed E-state index contributed by atoms with van der Waals surface area (Å²) in [5.74, 6) is 1.47. The van der Waals surface area contributed by atoms with Crippen LogP contribution in [0, 0.1) is 13.8 Å². The quantitative estimate of drug-likeness (QED) is 0.861. The third-order valence-electron chi connectivity index (χ3n) is 2.59. The molecule has 0 bridgehead atoms. The standard InChI is InChI=1S/C14H19N5/c1-4-15-14-18-11(3)8-13(19-14)16-9-12-7-5-6-10(2)17-12/h5-8H,4,9H2,1-3H3,(H2,15,16,18,19). The maximum atomic E-state index is 4.45. The monoisotopic (exact) mass is 257 g/mol. The summed E-state index contributed by atoms with van der Waals surface area (Å²) in [5.41, 5.74) is 2.96. The Labute approximate surface area is 113 Å². The number of nitrogens with zero attached hydrogens (tertiary/aromatic N) is 3. The SMILES string of the molecule is CCNc1nc(C)cc(NCc2cccc(C)n2)n1. The molecule has 0 atom stereocenters. The predicted octanol–water partition coefficient (Wildman–Crippen LogP) is 2.53. The molecule has 2 heterocycles. The lowest BCUT2D eigenvalue weighted by Crippen LogP contribution is -2.08. The second kappa shape index (κ2) is 6.13. The van der Waals surface area contributed by atoms with Crippen molar-refractivity contribution in [1.82, 2.24) is 15.0 Å². The first-order valence-corrected chi connectivity index (χ1v) is 6.43. The van der Waals surface area contributed by atoms with Crippen LogP contribution in [0.15, 0.2) is 24.3 Å². The Bertz CT molecular complexity index is 553. The van der Waals surface area contributed by atoms with E-state index in [0.717, 1.165) is 29.4 Å². The van der Waals surface area contributed by atoms with Gasteiger partial charge >= 0.3 is 0 Å². The van der Waals surface area contributed by atoms with Gasteiger partial charge in [0, 0.05) is 24.0 Å². The Hall–Kier alpha value is -2.17. The summed E-state index contributed by atoms with van der Waals surface area (Å²) in [5, 5.41) is 6.39. The fourth-order valence-corrected chi connectivity index (χ4v) is 1.78. The van der Waals surface area contributed by atoms with Crippen LogP contribution in [0.5, 0.6) is 0 Å². The molecular formula is C14H19N5. The molecule has 2 rings (SSSR count). The van der Waals surface area contributed by atoms with Gasteiger partial charge in [0.25, 0.3) is 0 Å². The summed E-state index contributed by atoms with van der Waals surface area (Å²) >= 11 is 0. The molecule has 2 N–H and O–H groups in total. The fourth-order valence-electron chi connectivity index (χ4n) is 1.78. The summed E-state index contributed by atoms with van der Waals surface area (Å²) in [6.45, 7) is 7.43. The largest absolute Gasteiger partial charge is 0.364 e. The molecule has 0 aliphatic carbocycles. The van der Waals surface area contributed by atoms with Gasteiger partial charge in [-0.2, -0.15) is 4.98 Å². The topological polar surface area (TPSA) is 62.7 Å². The molecule has 19 heavy (non-hydrogen) atoms. The summed E-state index contributed by atoms with van der Waals surface area (Å²) in [7, 11) is 0. The van der Waals surface area contributed by atoms with Crippen molar-refractivity contribution in [3.8, 4) is 0 Å². The van der Waals surface area contributed by atoms with Crippen molar-refractivity contribution < 1.29 is 0 Å². The van der Waals surface area contributed by atoms with E-state index in [1.807, 2.05) is 45.0 Å². The van der Waals surface area contributed by atoms with Gasteiger partial charge in [-0.05, 0) is 32.9 Å². The van der Waals surface area contributed by atoms with Crippen LogP contribution in [0.25, 0.3) is 0 Å². The van der Waals surface area contributed by atoms with E-state index in [-0.39, 0.29) is 0 Å². The number of rotatable bonds is 5. The maximum absolute atomic E-state index is 4.45. The van der Waals surface area contributed by atoms with E-state index in [1.54, 1.807) is 0 Å². The van der Waals surface area contributed by atoms with Gasteiger partial charge in [0.05, 0.1) is 12.2 Å². The van der Waals surface area contributed by atoms with Gasteiger partial charge in [0.15, 0.2) is 0 Å². The number of aromatic nitrogens is 3. The average Bonchev–Trinajstić information content (AvgIpc) is 2.36. The van der Waals surface area contributed by atoms with Crippen molar-refractivity contribution in [3.63, 3.8) is 0 Å². The highest BCUT2D eigenvalue weighted by molar-refractivity contribution is 5.42. The Kier molecular flexibility index (Phi) is 4.28. The van der Waals surface area contributed by atoms with Crippen molar-refractivity contribution in [2.75, 3.05) is 17.2 Å². The third-order valence-corrected chi connectivity index (χ3v) is 2.59. The van der Waals surface area contributed by atoms with E-state index in [1.165, 1.54) is 0 Å². The molecule has 0 unspecified atom stereocenters. The molecule has 0 aliphatic rings. The first kappa shape index (κ1) is 13.3. The first-order chi connectivity index (χ1) is 9.17.